The molecular formula is C19H24Cl2O7. The summed E-state index contributed by atoms with van der Waals surface area (Å²) in [6.45, 7) is 9.05. The predicted molar refractivity (Wildman–Crippen MR) is 101 cm³/mol. The molecule has 0 amide bonds. The molecule has 5 unspecified atom stereocenters. The molecule has 0 radical (unpaired) electrons. The molecule has 1 heterocycles. The highest BCUT2D eigenvalue weighted by atomic mass is 35.5. The second kappa shape index (κ2) is 7.29. The Labute approximate surface area is 172 Å². The van der Waals surface area contributed by atoms with Gasteiger partial charge in [-0.3, -0.25) is 0 Å². The lowest BCUT2D eigenvalue weighted by atomic mass is 9.76. The second-order valence-electron chi connectivity index (χ2n) is 8.14. The van der Waals surface area contributed by atoms with Crippen molar-refractivity contribution in [3.63, 3.8) is 0 Å². The van der Waals surface area contributed by atoms with Crippen LogP contribution in [-0.4, -0.2) is 68.5 Å². The van der Waals surface area contributed by atoms with E-state index < -0.39 is 53.3 Å². The van der Waals surface area contributed by atoms with E-state index in [1.165, 1.54) is 6.92 Å². The van der Waals surface area contributed by atoms with Crippen LogP contribution in [0.15, 0.2) is 24.3 Å². The lowest BCUT2D eigenvalue weighted by Gasteiger charge is -2.37. The Bertz CT molecular complexity index is 721. The van der Waals surface area contributed by atoms with Crippen LogP contribution < -0.4 is 0 Å². The van der Waals surface area contributed by atoms with Crippen molar-refractivity contribution in [2.75, 3.05) is 11.8 Å². The summed E-state index contributed by atoms with van der Waals surface area (Å²) in [6, 6.07) is 0. The molecule has 3 N–H and O–H groups in total. The fourth-order valence-electron chi connectivity index (χ4n) is 4.58. The van der Waals surface area contributed by atoms with E-state index in [-0.39, 0.29) is 36.1 Å². The van der Waals surface area contributed by atoms with Gasteiger partial charge in [0.1, 0.15) is 17.8 Å². The number of aliphatic hydroxyl groups is 3. The van der Waals surface area contributed by atoms with Crippen molar-refractivity contribution < 1.29 is 34.4 Å². The summed E-state index contributed by atoms with van der Waals surface area (Å²) in [5.74, 6) is -4.11. The molecule has 3 rings (SSSR count). The first-order valence-corrected chi connectivity index (χ1v) is 10.1. The molecule has 1 saturated heterocycles. The maximum atomic E-state index is 12.4. The molecule has 156 valence electrons. The van der Waals surface area contributed by atoms with Gasteiger partial charge in [-0.05, 0) is 19.3 Å². The molecule has 0 aromatic rings. The highest BCUT2D eigenvalue weighted by Crippen LogP contribution is 2.55. The maximum absolute atomic E-state index is 12.4. The molecule has 0 aromatic carbocycles. The van der Waals surface area contributed by atoms with Crippen LogP contribution in [0.2, 0.25) is 0 Å². The largest absolute Gasteiger partial charge is 0.459 e. The molecule has 7 nitrogen and oxygen atoms in total. The number of esters is 2. The van der Waals surface area contributed by atoms with E-state index in [1.807, 2.05) is 0 Å². The summed E-state index contributed by atoms with van der Waals surface area (Å²) in [4.78, 5) is 24.6. The molecule has 0 bridgehead atoms. The van der Waals surface area contributed by atoms with Crippen molar-refractivity contribution in [3.05, 3.63) is 24.3 Å². The van der Waals surface area contributed by atoms with Crippen LogP contribution in [0.3, 0.4) is 0 Å². The molecule has 9 heteroatoms. The number of ether oxygens (including phenoxy) is 2. The Hall–Kier alpha value is -1.12. The summed E-state index contributed by atoms with van der Waals surface area (Å²) in [5.41, 5.74) is -2.87. The van der Waals surface area contributed by atoms with Gasteiger partial charge >= 0.3 is 11.9 Å². The number of hydrogen-bond acceptors (Lipinski definition) is 7. The molecule has 8 atom stereocenters. The molecular weight excluding hydrogens is 411 g/mol. The average molecular weight is 435 g/mol. The van der Waals surface area contributed by atoms with Crippen molar-refractivity contribution in [3.8, 4) is 0 Å². The first-order chi connectivity index (χ1) is 13.0. The topological polar surface area (TPSA) is 113 Å². The molecule has 1 aliphatic heterocycles. The van der Waals surface area contributed by atoms with Crippen LogP contribution in [0.25, 0.3) is 0 Å². The number of alkyl halides is 2. The number of fused-ring (bicyclic) bond motifs is 3. The molecule has 3 aliphatic rings. The summed E-state index contributed by atoms with van der Waals surface area (Å²) in [5, 5.41) is 31.6. The summed E-state index contributed by atoms with van der Waals surface area (Å²) < 4.78 is 11.0. The third-order valence-corrected chi connectivity index (χ3v) is 7.19. The minimum Gasteiger partial charge on any atom is -0.459 e. The smallest absolute Gasteiger partial charge is 0.339 e. The highest BCUT2D eigenvalue weighted by molar-refractivity contribution is 6.20. The van der Waals surface area contributed by atoms with Gasteiger partial charge in [0.15, 0.2) is 5.60 Å². The number of carbonyl (C=O) groups is 2. The van der Waals surface area contributed by atoms with Gasteiger partial charge < -0.3 is 24.8 Å². The number of rotatable bonds is 4. The third kappa shape index (κ3) is 3.17. The van der Waals surface area contributed by atoms with Gasteiger partial charge in [-0.15, -0.1) is 23.2 Å². The lowest BCUT2D eigenvalue weighted by molar-refractivity contribution is -0.172. The Balaban J connectivity index is 2.01. The van der Waals surface area contributed by atoms with E-state index in [9.17, 15) is 24.9 Å². The number of hydrogen-bond donors (Lipinski definition) is 3. The normalized spacial score (nSPS) is 42.3. The van der Waals surface area contributed by atoms with E-state index in [4.69, 9.17) is 32.7 Å². The van der Waals surface area contributed by atoms with E-state index in [1.54, 1.807) is 0 Å². The lowest BCUT2D eigenvalue weighted by Crippen LogP contribution is -2.52. The Kier molecular flexibility index (Phi) is 5.62. The van der Waals surface area contributed by atoms with Gasteiger partial charge in [0.05, 0.1) is 23.8 Å². The van der Waals surface area contributed by atoms with Crippen LogP contribution >= 0.6 is 23.2 Å². The van der Waals surface area contributed by atoms with Gasteiger partial charge in [0, 0.05) is 17.9 Å². The molecule has 3 fully saturated rings. The van der Waals surface area contributed by atoms with Gasteiger partial charge in [0.2, 0.25) is 0 Å². The summed E-state index contributed by atoms with van der Waals surface area (Å²) in [7, 11) is 0. The maximum Gasteiger partial charge on any atom is 0.339 e. The minimum atomic E-state index is -1.90. The SMILES string of the molecule is C=C1C[C@@H](OC(=O)C(C)(O)CCl)C2C(=C)C(=O)O[C@@H]2C2C1C[C@@H](O)C2(O)CCl. The van der Waals surface area contributed by atoms with Crippen molar-refractivity contribution in [1.82, 2.24) is 0 Å². The highest BCUT2D eigenvalue weighted by Gasteiger charge is 2.64. The van der Waals surface area contributed by atoms with Crippen LogP contribution in [0.1, 0.15) is 19.8 Å². The fourth-order valence-corrected chi connectivity index (χ4v) is 5.05. The standard InChI is InChI=1S/C19H24Cl2O7/c1-8-4-11(27-17(24)18(3,25)6-20)13-9(2)16(23)28-15(13)14-10(8)5-12(22)19(14,26)7-21/h10-15,22,25-26H,1-2,4-7H2,3H3/t10?,11-,12-,13?,14?,15+,18?,19?/m1/s1. The van der Waals surface area contributed by atoms with E-state index in [2.05, 4.69) is 13.2 Å². The van der Waals surface area contributed by atoms with Crippen molar-refractivity contribution >= 4 is 35.1 Å². The van der Waals surface area contributed by atoms with Crippen molar-refractivity contribution in [1.29, 1.82) is 0 Å². The zero-order chi connectivity index (χ0) is 21.0. The number of aliphatic hydroxyl groups excluding tert-OH is 1. The molecule has 0 aromatic heterocycles. The van der Waals surface area contributed by atoms with E-state index in [0.717, 1.165) is 0 Å². The predicted octanol–water partition coefficient (Wildman–Crippen LogP) is 0.913. The van der Waals surface area contributed by atoms with Crippen LogP contribution in [0.4, 0.5) is 0 Å². The Morgan fingerprint density at radius 2 is 2.07 bits per heavy atom. The summed E-state index contributed by atoms with van der Waals surface area (Å²) in [6.07, 6.45) is -2.54. The zero-order valence-electron chi connectivity index (χ0n) is 15.4. The van der Waals surface area contributed by atoms with E-state index in [0.29, 0.717) is 5.57 Å². The molecule has 2 saturated carbocycles. The number of carbonyl (C=O) groups excluding carboxylic acids is 2. The molecule has 2 aliphatic carbocycles. The number of halogens is 2. The van der Waals surface area contributed by atoms with Gasteiger partial charge in [-0.2, -0.15) is 0 Å². The summed E-state index contributed by atoms with van der Waals surface area (Å²) >= 11 is 11.6. The first-order valence-electron chi connectivity index (χ1n) is 9.01. The minimum absolute atomic E-state index is 0.0973. The Morgan fingerprint density at radius 1 is 1.43 bits per heavy atom. The fraction of sp³-hybridized carbons (Fsp3) is 0.684. The zero-order valence-corrected chi connectivity index (χ0v) is 16.9. The van der Waals surface area contributed by atoms with Crippen LogP contribution in [-0.2, 0) is 19.1 Å². The van der Waals surface area contributed by atoms with Crippen LogP contribution in [0, 0.1) is 17.8 Å². The molecule has 0 spiro atoms. The van der Waals surface area contributed by atoms with Crippen LogP contribution in [0.5, 0.6) is 0 Å². The van der Waals surface area contributed by atoms with Gasteiger partial charge in [0.25, 0.3) is 0 Å². The van der Waals surface area contributed by atoms with Crippen molar-refractivity contribution in [2.45, 2.75) is 49.3 Å². The average Bonchev–Trinajstić information content (AvgIpc) is 3.04. The van der Waals surface area contributed by atoms with E-state index >= 15 is 0 Å². The Morgan fingerprint density at radius 3 is 2.64 bits per heavy atom. The van der Waals surface area contributed by atoms with Crippen molar-refractivity contribution in [2.24, 2.45) is 17.8 Å². The van der Waals surface area contributed by atoms with Gasteiger partial charge in [-0.1, -0.05) is 18.7 Å². The quantitative estimate of drug-likeness (QED) is 0.260. The first kappa shape index (κ1) is 21.6. The van der Waals surface area contributed by atoms with Gasteiger partial charge in [-0.25, -0.2) is 9.59 Å². The molecule has 28 heavy (non-hydrogen) atoms. The third-order valence-electron chi connectivity index (χ3n) is 6.24. The monoisotopic (exact) mass is 434 g/mol. The second-order valence-corrected chi connectivity index (χ2v) is 8.68.